The number of benzene rings is 2. The molecule has 11 heteroatoms. The SMILES string of the molecule is CCCc1c(C2COc3ccc4cc3N(CCC(CC)C(OCCN3CCN(C)CC3)C3=C[C@@H](C3)CC(C)S(=O)NC4=O)C2)ccc(Cl)c1F. The second kappa shape index (κ2) is 16.9. The van der Waals surface area contributed by atoms with Gasteiger partial charge in [0.05, 0.1) is 35.3 Å². The molecule has 8 nitrogen and oxygen atoms in total. The zero-order chi connectivity index (χ0) is 35.4. The Kier molecular flexibility index (Phi) is 12.6. The minimum absolute atomic E-state index is 0.0171. The van der Waals surface area contributed by atoms with Crippen molar-refractivity contribution in [1.82, 2.24) is 14.5 Å². The van der Waals surface area contributed by atoms with Gasteiger partial charge in [0.1, 0.15) is 22.6 Å². The van der Waals surface area contributed by atoms with Crippen molar-refractivity contribution in [2.24, 2.45) is 11.8 Å². The topological polar surface area (TPSA) is 74.4 Å². The van der Waals surface area contributed by atoms with Crippen molar-refractivity contribution in [3.05, 3.63) is 69.5 Å². The molecule has 5 unspecified atom stereocenters. The van der Waals surface area contributed by atoms with Crippen molar-refractivity contribution in [3.8, 4) is 5.75 Å². The third kappa shape index (κ3) is 8.58. The van der Waals surface area contributed by atoms with Crippen LogP contribution in [0.4, 0.5) is 10.1 Å². The molecule has 0 radical (unpaired) electrons. The van der Waals surface area contributed by atoms with E-state index >= 15 is 4.39 Å². The van der Waals surface area contributed by atoms with Crippen LogP contribution in [0.2, 0.25) is 5.02 Å². The number of halogens is 2. The van der Waals surface area contributed by atoms with Gasteiger partial charge in [-0.15, -0.1) is 0 Å². The van der Waals surface area contributed by atoms with E-state index in [0.717, 1.165) is 76.1 Å². The van der Waals surface area contributed by atoms with Crippen molar-refractivity contribution in [2.45, 2.75) is 76.6 Å². The molecule has 7 rings (SSSR count). The van der Waals surface area contributed by atoms with E-state index in [-0.39, 0.29) is 39.9 Å². The number of anilines is 1. The number of ether oxygens (including phenoxy) is 2. The molecule has 0 saturated carbocycles. The first-order chi connectivity index (χ1) is 24.1. The summed E-state index contributed by atoms with van der Waals surface area (Å²) in [7, 11) is 0.652. The Bertz CT molecular complexity index is 1570. The minimum atomic E-state index is -1.53. The van der Waals surface area contributed by atoms with Crippen LogP contribution in [-0.4, -0.2) is 97.3 Å². The Morgan fingerprint density at radius 2 is 1.90 bits per heavy atom. The largest absolute Gasteiger partial charge is 0.491 e. The fourth-order valence-corrected chi connectivity index (χ4v) is 9.15. The molecule has 0 spiro atoms. The number of allylic oxidation sites excluding steroid dienone is 1. The minimum Gasteiger partial charge on any atom is -0.491 e. The van der Waals surface area contributed by atoms with Crippen LogP contribution in [-0.2, 0) is 22.1 Å². The number of fused-ring (bicyclic) bond motifs is 7. The molecular weight excluding hydrogens is 675 g/mol. The van der Waals surface area contributed by atoms with Gasteiger partial charge < -0.3 is 19.3 Å². The number of carbonyl (C=O) groups is 1. The van der Waals surface area contributed by atoms with E-state index in [2.05, 4.69) is 39.5 Å². The molecule has 1 amide bonds. The summed E-state index contributed by atoms with van der Waals surface area (Å²) in [5, 5.41) is -0.0499. The summed E-state index contributed by atoms with van der Waals surface area (Å²) in [5.74, 6) is 0.468. The van der Waals surface area contributed by atoms with Crippen LogP contribution in [0.25, 0.3) is 0 Å². The second-order valence-corrected chi connectivity index (χ2v) is 16.7. The quantitative estimate of drug-likeness (QED) is 0.308. The van der Waals surface area contributed by atoms with Gasteiger partial charge in [-0.25, -0.2) is 8.60 Å². The van der Waals surface area contributed by atoms with Crippen molar-refractivity contribution < 1.29 is 22.9 Å². The van der Waals surface area contributed by atoms with Gasteiger partial charge in [0.15, 0.2) is 0 Å². The molecular formula is C39H54ClFN4O4S. The number of nitrogens with one attached hydrogen (secondary N) is 1. The van der Waals surface area contributed by atoms with Gasteiger partial charge in [0, 0.05) is 57.3 Å². The van der Waals surface area contributed by atoms with Crippen LogP contribution in [0.15, 0.2) is 42.0 Å². The highest BCUT2D eigenvalue weighted by molar-refractivity contribution is 7.84. The van der Waals surface area contributed by atoms with E-state index < -0.39 is 11.0 Å². The molecule has 1 N–H and O–H groups in total. The number of amides is 1. The normalized spacial score (nSPS) is 28.2. The molecule has 2 aromatic carbocycles. The molecule has 1 fully saturated rings. The van der Waals surface area contributed by atoms with Crippen LogP contribution in [0, 0.1) is 17.7 Å². The van der Waals surface area contributed by atoms with Gasteiger partial charge in [-0.1, -0.05) is 50.4 Å². The van der Waals surface area contributed by atoms with Gasteiger partial charge in [-0.2, -0.15) is 0 Å². The molecule has 274 valence electrons. The lowest BCUT2D eigenvalue weighted by molar-refractivity contribution is 0.00914. The van der Waals surface area contributed by atoms with E-state index in [4.69, 9.17) is 21.1 Å². The van der Waals surface area contributed by atoms with E-state index in [0.29, 0.717) is 55.5 Å². The van der Waals surface area contributed by atoms with Crippen molar-refractivity contribution in [3.63, 3.8) is 0 Å². The maximum Gasteiger partial charge on any atom is 0.263 e. The van der Waals surface area contributed by atoms with Gasteiger partial charge in [0.25, 0.3) is 5.91 Å². The molecule has 4 heterocycles. The number of hydrogen-bond acceptors (Lipinski definition) is 7. The summed E-state index contributed by atoms with van der Waals surface area (Å²) in [6, 6.07) is 9.04. The summed E-state index contributed by atoms with van der Waals surface area (Å²) in [5.41, 5.74) is 4.17. The smallest absolute Gasteiger partial charge is 0.263 e. The molecule has 1 aliphatic carbocycles. The van der Waals surface area contributed by atoms with Crippen molar-refractivity contribution in [2.75, 3.05) is 71.0 Å². The average Bonchev–Trinajstić information content (AvgIpc) is 3.27. The highest BCUT2D eigenvalue weighted by Crippen LogP contribution is 2.41. The molecule has 0 aromatic heterocycles. The predicted octanol–water partition coefficient (Wildman–Crippen LogP) is 6.60. The molecule has 5 aliphatic rings. The molecule has 4 aliphatic heterocycles. The third-order valence-electron chi connectivity index (χ3n) is 11.1. The van der Waals surface area contributed by atoms with Gasteiger partial charge in [-0.05, 0) is 92.5 Å². The van der Waals surface area contributed by atoms with E-state index in [1.54, 1.807) is 12.1 Å². The first-order valence-electron chi connectivity index (χ1n) is 18.6. The zero-order valence-electron chi connectivity index (χ0n) is 30.1. The van der Waals surface area contributed by atoms with Gasteiger partial charge in [0.2, 0.25) is 0 Å². The zero-order valence-corrected chi connectivity index (χ0v) is 31.7. The predicted molar refractivity (Wildman–Crippen MR) is 200 cm³/mol. The van der Waals surface area contributed by atoms with E-state index in [1.165, 1.54) is 5.57 Å². The highest BCUT2D eigenvalue weighted by atomic mass is 35.5. The fourth-order valence-electron chi connectivity index (χ4n) is 8.05. The summed E-state index contributed by atoms with van der Waals surface area (Å²) in [6.45, 7) is 13.8. The van der Waals surface area contributed by atoms with Crippen molar-refractivity contribution in [1.29, 1.82) is 0 Å². The maximum absolute atomic E-state index is 15.4. The molecule has 4 bridgehead atoms. The number of rotatable bonds is 8. The van der Waals surface area contributed by atoms with Crippen LogP contribution >= 0.6 is 11.6 Å². The maximum atomic E-state index is 15.4. The lowest BCUT2D eigenvalue weighted by atomic mass is 9.76. The first kappa shape index (κ1) is 37.3. The summed E-state index contributed by atoms with van der Waals surface area (Å²) in [6.07, 6.45) is 7.27. The number of piperazine rings is 1. The van der Waals surface area contributed by atoms with Crippen LogP contribution in [0.1, 0.15) is 80.3 Å². The number of hydrogen-bond donors (Lipinski definition) is 1. The molecule has 6 atom stereocenters. The summed E-state index contributed by atoms with van der Waals surface area (Å²) < 4.78 is 44.8. The summed E-state index contributed by atoms with van der Waals surface area (Å²) >= 11 is 6.26. The third-order valence-corrected chi connectivity index (χ3v) is 12.7. The number of carbonyl (C=O) groups excluding carboxylic acids is 1. The van der Waals surface area contributed by atoms with Gasteiger partial charge >= 0.3 is 0 Å². The Labute approximate surface area is 305 Å². The highest BCUT2D eigenvalue weighted by Gasteiger charge is 2.35. The van der Waals surface area contributed by atoms with E-state index in [1.807, 2.05) is 32.0 Å². The average molecular weight is 729 g/mol. The molecule has 50 heavy (non-hydrogen) atoms. The van der Waals surface area contributed by atoms with Crippen LogP contribution in [0.5, 0.6) is 5.75 Å². The van der Waals surface area contributed by atoms with E-state index in [9.17, 15) is 9.00 Å². The molecule has 1 saturated heterocycles. The lowest BCUT2D eigenvalue weighted by Crippen LogP contribution is -2.46. The Morgan fingerprint density at radius 1 is 1.12 bits per heavy atom. The Hall–Kier alpha value is -2.50. The molecule has 2 aromatic rings. The Balaban J connectivity index is 1.31. The van der Waals surface area contributed by atoms with Gasteiger partial charge in [-0.3, -0.25) is 14.4 Å². The Morgan fingerprint density at radius 3 is 2.64 bits per heavy atom. The summed E-state index contributed by atoms with van der Waals surface area (Å²) in [4.78, 5) is 20.6. The van der Waals surface area contributed by atoms with Crippen LogP contribution in [0.3, 0.4) is 0 Å². The monoisotopic (exact) mass is 728 g/mol. The fraction of sp³-hybridized carbons (Fsp3) is 0.615. The van der Waals surface area contributed by atoms with Crippen molar-refractivity contribution >= 4 is 34.2 Å². The number of nitrogens with zero attached hydrogens (tertiary/aromatic N) is 3. The standard InChI is InChI=1S/C39H54ClFN4O4S/c1-5-7-33-32(9-10-34(40)37(33)41)31-24-45-13-12-28(6-2)38(48-19-18-44-16-14-43(4)15-17-44)30-21-27(22-30)20-26(3)50(47)42-39(46)29-8-11-36(49-25-31)35(45)23-29/h8-11,21,23,26-28,31,38H,5-7,12-20,22,24-25H2,1-4H3,(H,42,46)/t26?,27-,28?,31?,38?,50?/m0/s1. The first-order valence-corrected chi connectivity index (χ1v) is 20.2. The lowest BCUT2D eigenvalue weighted by Gasteiger charge is -2.38. The second-order valence-electron chi connectivity index (χ2n) is 14.7. The van der Waals surface area contributed by atoms with Crippen LogP contribution < -0.4 is 14.4 Å². The number of likely N-dealkylation sites (N-methyl/N-ethyl adjacent to an activating group) is 1.